The minimum absolute atomic E-state index is 0.161. The van der Waals surface area contributed by atoms with Gasteiger partial charge in [0.25, 0.3) is 5.91 Å². The minimum Gasteiger partial charge on any atom is -0.352 e. The Morgan fingerprint density at radius 1 is 1.04 bits per heavy atom. The summed E-state index contributed by atoms with van der Waals surface area (Å²) in [5, 5.41) is 16.9. The van der Waals surface area contributed by atoms with Crippen LogP contribution in [-0.4, -0.2) is 38.6 Å². The molecule has 1 aromatic heterocycles. The molecule has 0 atom stereocenters. The van der Waals surface area contributed by atoms with E-state index in [0.717, 1.165) is 5.69 Å². The number of aromatic nitrogens is 4. The third-order valence-electron chi connectivity index (χ3n) is 3.51. The van der Waals surface area contributed by atoms with E-state index in [4.69, 9.17) is 11.6 Å². The quantitative estimate of drug-likeness (QED) is 0.691. The maximum atomic E-state index is 12.0. The molecule has 2 amide bonds. The molecule has 0 radical (unpaired) electrons. The van der Waals surface area contributed by atoms with Crippen LogP contribution >= 0.6 is 11.6 Å². The predicted octanol–water partition coefficient (Wildman–Crippen LogP) is 2.07. The zero-order valence-corrected chi connectivity index (χ0v) is 14.3. The highest BCUT2D eigenvalue weighted by Crippen LogP contribution is 2.12. The molecule has 0 aliphatic carbocycles. The van der Waals surface area contributed by atoms with Gasteiger partial charge >= 0.3 is 0 Å². The number of carbonyl (C=O) groups excluding carboxylic acids is 2. The molecule has 0 unspecified atom stereocenters. The third-order valence-corrected chi connectivity index (χ3v) is 3.76. The molecule has 0 fully saturated rings. The predicted molar refractivity (Wildman–Crippen MR) is 96.2 cm³/mol. The first-order valence-corrected chi connectivity index (χ1v) is 8.17. The molecule has 0 spiro atoms. The summed E-state index contributed by atoms with van der Waals surface area (Å²) in [5.41, 5.74) is 1.92. The molecular formula is C17H15ClN6O2. The summed E-state index contributed by atoms with van der Waals surface area (Å²) in [6.45, 7) is 0.232. The number of hydrogen-bond donors (Lipinski definition) is 2. The van der Waals surface area contributed by atoms with Gasteiger partial charge < -0.3 is 10.6 Å². The number of carbonyl (C=O) groups is 2. The Hall–Kier alpha value is -3.26. The lowest BCUT2D eigenvalue weighted by Crippen LogP contribution is -2.27. The lowest BCUT2D eigenvalue weighted by atomic mass is 10.2. The molecule has 2 N–H and O–H groups in total. The number of rotatable bonds is 6. The normalized spacial score (nSPS) is 10.3. The van der Waals surface area contributed by atoms with Crippen molar-refractivity contribution in [3.63, 3.8) is 0 Å². The summed E-state index contributed by atoms with van der Waals surface area (Å²) in [5.74, 6) is -0.447. The van der Waals surface area contributed by atoms with Crippen molar-refractivity contribution < 1.29 is 9.59 Å². The number of anilines is 1. The molecule has 8 nitrogen and oxygen atoms in total. The maximum Gasteiger partial charge on any atom is 0.251 e. The van der Waals surface area contributed by atoms with Gasteiger partial charge in [-0.1, -0.05) is 11.6 Å². The van der Waals surface area contributed by atoms with Crippen molar-refractivity contribution in [1.29, 1.82) is 0 Å². The topological polar surface area (TPSA) is 102 Å². The van der Waals surface area contributed by atoms with E-state index in [1.807, 2.05) is 0 Å². The van der Waals surface area contributed by atoms with E-state index in [1.165, 1.54) is 11.0 Å². The minimum atomic E-state index is -0.250. The van der Waals surface area contributed by atoms with E-state index in [2.05, 4.69) is 26.2 Å². The van der Waals surface area contributed by atoms with Gasteiger partial charge in [0, 0.05) is 29.2 Å². The van der Waals surface area contributed by atoms with Crippen LogP contribution in [0.1, 0.15) is 16.8 Å². The number of hydrogen-bond acceptors (Lipinski definition) is 5. The summed E-state index contributed by atoms with van der Waals surface area (Å²) >= 11 is 5.78. The Bertz CT molecular complexity index is 879. The number of amides is 2. The summed E-state index contributed by atoms with van der Waals surface area (Å²) in [6, 6.07) is 13.6. The molecule has 3 rings (SSSR count). The first-order chi connectivity index (χ1) is 12.6. The van der Waals surface area contributed by atoms with Crippen LogP contribution in [0.3, 0.4) is 0 Å². The van der Waals surface area contributed by atoms with Crippen LogP contribution in [0, 0.1) is 0 Å². The van der Waals surface area contributed by atoms with Crippen molar-refractivity contribution in [2.75, 3.05) is 11.9 Å². The van der Waals surface area contributed by atoms with Gasteiger partial charge in [-0.15, -0.1) is 5.10 Å². The van der Waals surface area contributed by atoms with Gasteiger partial charge in [0.1, 0.15) is 6.33 Å². The SMILES string of the molecule is O=C(CCNC(=O)c1ccc(Cl)cc1)Nc1ccc(-n2cnnn2)cc1. The van der Waals surface area contributed by atoms with Gasteiger partial charge in [-0.25, -0.2) is 4.68 Å². The molecule has 132 valence electrons. The molecule has 0 bridgehead atoms. The monoisotopic (exact) mass is 370 g/mol. The van der Waals surface area contributed by atoms with Crippen molar-refractivity contribution in [3.05, 3.63) is 65.4 Å². The van der Waals surface area contributed by atoms with Crippen LogP contribution in [0.25, 0.3) is 5.69 Å². The van der Waals surface area contributed by atoms with Crippen molar-refractivity contribution in [2.45, 2.75) is 6.42 Å². The second-order valence-corrected chi connectivity index (χ2v) is 5.80. The highest BCUT2D eigenvalue weighted by Gasteiger charge is 2.07. The van der Waals surface area contributed by atoms with Crippen molar-refractivity contribution in [2.24, 2.45) is 0 Å². The Morgan fingerprint density at radius 3 is 2.42 bits per heavy atom. The van der Waals surface area contributed by atoms with Crippen LogP contribution < -0.4 is 10.6 Å². The molecule has 2 aromatic carbocycles. The Balaban J connectivity index is 1.45. The standard InChI is InChI=1S/C17H15ClN6O2/c18-13-3-1-12(2-4-13)17(26)19-10-9-16(25)21-14-5-7-15(8-6-14)24-11-20-22-23-24/h1-8,11H,9-10H2,(H,19,26)(H,21,25). The molecule has 0 aliphatic heterocycles. The van der Waals surface area contributed by atoms with E-state index in [-0.39, 0.29) is 24.8 Å². The van der Waals surface area contributed by atoms with Gasteiger partial charge in [-0.3, -0.25) is 9.59 Å². The Morgan fingerprint density at radius 2 is 1.77 bits per heavy atom. The average Bonchev–Trinajstić information content (AvgIpc) is 3.17. The molecule has 0 aliphatic rings. The fourth-order valence-electron chi connectivity index (χ4n) is 2.19. The summed E-state index contributed by atoms with van der Waals surface area (Å²) in [7, 11) is 0. The molecule has 0 saturated heterocycles. The highest BCUT2D eigenvalue weighted by molar-refractivity contribution is 6.30. The summed E-state index contributed by atoms with van der Waals surface area (Å²) < 4.78 is 1.51. The molecule has 3 aromatic rings. The van der Waals surface area contributed by atoms with E-state index < -0.39 is 0 Å². The zero-order chi connectivity index (χ0) is 18.4. The van der Waals surface area contributed by atoms with Gasteiger partial charge in [-0.2, -0.15) is 0 Å². The largest absolute Gasteiger partial charge is 0.352 e. The molecule has 0 saturated carbocycles. The number of benzene rings is 2. The fraction of sp³-hybridized carbons (Fsp3) is 0.118. The molecule has 9 heteroatoms. The smallest absolute Gasteiger partial charge is 0.251 e. The van der Waals surface area contributed by atoms with Crippen LogP contribution in [0.2, 0.25) is 5.02 Å². The second-order valence-electron chi connectivity index (χ2n) is 5.36. The molecular weight excluding hydrogens is 356 g/mol. The lowest BCUT2D eigenvalue weighted by molar-refractivity contribution is -0.116. The highest BCUT2D eigenvalue weighted by atomic mass is 35.5. The Labute approximate surface area is 154 Å². The first-order valence-electron chi connectivity index (χ1n) is 7.79. The average molecular weight is 371 g/mol. The van der Waals surface area contributed by atoms with E-state index in [0.29, 0.717) is 16.3 Å². The number of tetrazole rings is 1. The van der Waals surface area contributed by atoms with E-state index >= 15 is 0 Å². The van der Waals surface area contributed by atoms with Crippen LogP contribution in [0.5, 0.6) is 0 Å². The van der Waals surface area contributed by atoms with Gasteiger partial charge in [-0.05, 0) is 59.0 Å². The van der Waals surface area contributed by atoms with E-state index in [9.17, 15) is 9.59 Å². The zero-order valence-electron chi connectivity index (χ0n) is 13.6. The fourth-order valence-corrected chi connectivity index (χ4v) is 2.32. The van der Waals surface area contributed by atoms with Crippen LogP contribution in [-0.2, 0) is 4.79 Å². The third kappa shape index (κ3) is 4.64. The lowest BCUT2D eigenvalue weighted by Gasteiger charge is -2.08. The summed E-state index contributed by atoms with van der Waals surface area (Å²) in [4.78, 5) is 23.9. The van der Waals surface area contributed by atoms with Crippen molar-refractivity contribution in [3.8, 4) is 5.69 Å². The second kappa shape index (κ2) is 8.21. The molecule has 26 heavy (non-hydrogen) atoms. The van der Waals surface area contributed by atoms with Gasteiger partial charge in [0.2, 0.25) is 5.91 Å². The number of halogens is 1. The Kier molecular flexibility index (Phi) is 5.55. The van der Waals surface area contributed by atoms with Crippen LogP contribution in [0.15, 0.2) is 54.9 Å². The van der Waals surface area contributed by atoms with Gasteiger partial charge in [0.15, 0.2) is 0 Å². The number of nitrogens with one attached hydrogen (secondary N) is 2. The van der Waals surface area contributed by atoms with Gasteiger partial charge in [0.05, 0.1) is 5.69 Å². The maximum absolute atomic E-state index is 12.0. The van der Waals surface area contributed by atoms with Crippen molar-refractivity contribution in [1.82, 2.24) is 25.5 Å². The summed E-state index contributed by atoms with van der Waals surface area (Å²) in [6.07, 6.45) is 1.64. The van der Waals surface area contributed by atoms with Crippen molar-refractivity contribution >= 4 is 29.1 Å². The van der Waals surface area contributed by atoms with Crippen LogP contribution in [0.4, 0.5) is 5.69 Å². The first kappa shape index (κ1) is 17.6. The molecule has 1 heterocycles. The van der Waals surface area contributed by atoms with E-state index in [1.54, 1.807) is 48.5 Å². The number of nitrogens with zero attached hydrogens (tertiary/aromatic N) is 4.